The number of benzene rings is 3. The first kappa shape index (κ1) is 19.4. The number of carbonyl (C=O) groups excluding carboxylic acids is 1. The minimum absolute atomic E-state index is 0.273. The number of nitrogens with zero attached hydrogens (tertiary/aromatic N) is 1. The third-order valence-corrected chi connectivity index (χ3v) is 5.25. The van der Waals surface area contributed by atoms with Crippen LogP contribution in [0.5, 0.6) is 5.75 Å². The minimum atomic E-state index is -0.454. The number of aliphatic imine (C=N–C) groups is 1. The predicted octanol–water partition coefficient (Wildman–Crippen LogP) is 5.52. The summed E-state index contributed by atoms with van der Waals surface area (Å²) in [5, 5.41) is 0. The van der Waals surface area contributed by atoms with E-state index in [1.54, 1.807) is 6.08 Å². The van der Waals surface area contributed by atoms with Crippen molar-refractivity contribution in [1.82, 2.24) is 0 Å². The summed E-state index contributed by atoms with van der Waals surface area (Å²) in [5.41, 5.74) is 4.21. The minimum Gasteiger partial charge on any atom is -0.489 e. The molecule has 4 nitrogen and oxygen atoms in total. The highest BCUT2D eigenvalue weighted by molar-refractivity contribution is 14.1. The Labute approximate surface area is 183 Å². The van der Waals surface area contributed by atoms with E-state index in [0.29, 0.717) is 12.5 Å². The van der Waals surface area contributed by atoms with Gasteiger partial charge in [-0.25, -0.2) is 9.79 Å². The van der Waals surface area contributed by atoms with Gasteiger partial charge in [0, 0.05) is 9.13 Å². The molecule has 4 rings (SSSR count). The van der Waals surface area contributed by atoms with E-state index < -0.39 is 5.97 Å². The Kier molecular flexibility index (Phi) is 5.76. The van der Waals surface area contributed by atoms with Gasteiger partial charge < -0.3 is 9.47 Å². The number of cyclic esters (lactones) is 1. The van der Waals surface area contributed by atoms with Gasteiger partial charge in [-0.15, -0.1) is 0 Å². The lowest BCUT2D eigenvalue weighted by atomic mass is 10.1. The summed E-state index contributed by atoms with van der Waals surface area (Å²) < 4.78 is 12.4. The molecular weight excluding hydrogens is 477 g/mol. The van der Waals surface area contributed by atoms with Crippen molar-refractivity contribution in [3.05, 3.63) is 104 Å². The highest BCUT2D eigenvalue weighted by Gasteiger charge is 2.24. The van der Waals surface area contributed by atoms with Crippen LogP contribution in [-0.2, 0) is 16.1 Å². The molecule has 0 radical (unpaired) electrons. The maximum absolute atomic E-state index is 12.2. The smallest absolute Gasteiger partial charge is 0.363 e. The van der Waals surface area contributed by atoms with Crippen molar-refractivity contribution >= 4 is 40.5 Å². The van der Waals surface area contributed by atoms with Gasteiger partial charge in [0.1, 0.15) is 12.4 Å². The summed E-state index contributed by atoms with van der Waals surface area (Å²) in [6, 6.07) is 23.4. The summed E-state index contributed by atoms with van der Waals surface area (Å²) in [7, 11) is 0. The number of carbonyl (C=O) groups is 1. The molecule has 3 aromatic rings. The number of esters is 1. The Balaban J connectivity index is 1.52. The first-order chi connectivity index (χ1) is 14.1. The van der Waals surface area contributed by atoms with Crippen molar-refractivity contribution in [2.75, 3.05) is 0 Å². The second-order valence-corrected chi connectivity index (χ2v) is 7.88. The van der Waals surface area contributed by atoms with Gasteiger partial charge >= 0.3 is 5.97 Å². The molecule has 0 spiro atoms. The normalized spacial score (nSPS) is 14.6. The number of halogens is 1. The molecule has 1 aliphatic heterocycles. The zero-order valence-electron chi connectivity index (χ0n) is 15.8. The lowest BCUT2D eigenvalue weighted by molar-refractivity contribution is -0.129. The number of hydrogen-bond donors (Lipinski definition) is 0. The number of hydrogen-bond acceptors (Lipinski definition) is 4. The van der Waals surface area contributed by atoms with E-state index in [0.717, 1.165) is 26.0 Å². The van der Waals surface area contributed by atoms with E-state index in [1.807, 2.05) is 60.7 Å². The summed E-state index contributed by atoms with van der Waals surface area (Å²) in [4.78, 5) is 16.6. The molecule has 5 heteroatoms. The fourth-order valence-corrected chi connectivity index (χ4v) is 3.27. The van der Waals surface area contributed by atoms with Crippen molar-refractivity contribution in [3.63, 3.8) is 0 Å². The van der Waals surface area contributed by atoms with Crippen molar-refractivity contribution in [1.29, 1.82) is 0 Å². The molecule has 0 amide bonds. The molecule has 1 aliphatic rings. The predicted molar refractivity (Wildman–Crippen MR) is 122 cm³/mol. The Morgan fingerprint density at radius 2 is 1.83 bits per heavy atom. The molecule has 0 bridgehead atoms. The highest BCUT2D eigenvalue weighted by atomic mass is 127. The monoisotopic (exact) mass is 495 g/mol. The Morgan fingerprint density at radius 1 is 1.03 bits per heavy atom. The van der Waals surface area contributed by atoms with Crippen molar-refractivity contribution < 1.29 is 14.3 Å². The second kappa shape index (κ2) is 8.61. The molecular formula is C24H18INO3. The molecule has 0 atom stereocenters. The zero-order valence-corrected chi connectivity index (χ0v) is 17.9. The summed E-state index contributed by atoms with van der Waals surface area (Å²) >= 11 is 2.23. The van der Waals surface area contributed by atoms with Crippen LogP contribution in [0, 0.1) is 10.5 Å². The largest absolute Gasteiger partial charge is 0.489 e. The molecule has 0 saturated heterocycles. The molecule has 3 aromatic carbocycles. The molecule has 0 aromatic heterocycles. The van der Waals surface area contributed by atoms with Gasteiger partial charge in [-0.3, -0.25) is 0 Å². The lowest BCUT2D eigenvalue weighted by Gasteiger charge is -2.09. The van der Waals surface area contributed by atoms with E-state index in [-0.39, 0.29) is 5.70 Å². The van der Waals surface area contributed by atoms with Crippen LogP contribution in [0.25, 0.3) is 6.08 Å². The maximum atomic E-state index is 12.2. The van der Waals surface area contributed by atoms with Crippen molar-refractivity contribution in [2.45, 2.75) is 13.5 Å². The van der Waals surface area contributed by atoms with Gasteiger partial charge in [0.25, 0.3) is 0 Å². The van der Waals surface area contributed by atoms with E-state index in [9.17, 15) is 4.79 Å². The molecule has 1 heterocycles. The average molecular weight is 495 g/mol. The number of ether oxygens (including phenoxy) is 2. The molecule has 0 saturated carbocycles. The topological polar surface area (TPSA) is 47.9 Å². The molecule has 0 unspecified atom stereocenters. The van der Waals surface area contributed by atoms with Crippen LogP contribution in [0.15, 0.2) is 83.5 Å². The van der Waals surface area contributed by atoms with Crippen LogP contribution >= 0.6 is 22.6 Å². The van der Waals surface area contributed by atoms with Gasteiger partial charge in [-0.1, -0.05) is 36.4 Å². The van der Waals surface area contributed by atoms with Crippen LogP contribution in [0.4, 0.5) is 0 Å². The Hall–Kier alpha value is -2.93. The maximum Gasteiger partial charge on any atom is 0.363 e. The third kappa shape index (κ3) is 4.74. The molecule has 0 N–H and O–H groups in total. The van der Waals surface area contributed by atoms with Gasteiger partial charge in [0.15, 0.2) is 5.70 Å². The molecule has 29 heavy (non-hydrogen) atoms. The van der Waals surface area contributed by atoms with Gasteiger partial charge in [0.2, 0.25) is 5.90 Å². The van der Waals surface area contributed by atoms with Crippen LogP contribution in [0.1, 0.15) is 22.3 Å². The van der Waals surface area contributed by atoms with Crippen LogP contribution < -0.4 is 4.74 Å². The second-order valence-electron chi connectivity index (χ2n) is 6.63. The molecule has 144 valence electrons. The summed E-state index contributed by atoms with van der Waals surface area (Å²) in [6.07, 6.45) is 1.71. The van der Waals surface area contributed by atoms with E-state index in [2.05, 4.69) is 46.6 Å². The number of rotatable bonds is 5. The van der Waals surface area contributed by atoms with E-state index >= 15 is 0 Å². The quantitative estimate of drug-likeness (QED) is 0.266. The van der Waals surface area contributed by atoms with Crippen LogP contribution in [-0.4, -0.2) is 11.9 Å². The van der Waals surface area contributed by atoms with Gasteiger partial charge in [0.05, 0.1) is 0 Å². The van der Waals surface area contributed by atoms with Gasteiger partial charge in [-0.05, 0) is 88.7 Å². The Bertz CT molecular complexity index is 1120. The Morgan fingerprint density at radius 3 is 2.62 bits per heavy atom. The van der Waals surface area contributed by atoms with Crippen molar-refractivity contribution in [3.8, 4) is 5.75 Å². The molecule has 0 aliphatic carbocycles. The van der Waals surface area contributed by atoms with Gasteiger partial charge in [-0.2, -0.15) is 0 Å². The van der Waals surface area contributed by atoms with Crippen LogP contribution in [0.2, 0.25) is 0 Å². The lowest BCUT2D eigenvalue weighted by Crippen LogP contribution is -2.05. The molecule has 0 fully saturated rings. The van der Waals surface area contributed by atoms with E-state index in [4.69, 9.17) is 9.47 Å². The van der Waals surface area contributed by atoms with Crippen LogP contribution in [0.3, 0.4) is 0 Å². The first-order valence-corrected chi connectivity index (χ1v) is 10.2. The standard InChI is InChI=1S/C24H18INO3/c1-16-5-2-3-7-19(16)15-28-21-8-4-6-17(13-21)14-22-24(27)29-23(26-22)18-9-11-20(25)12-10-18/h2-14H,15H2,1H3/b22-14-. The number of aryl methyl sites for hydroxylation is 1. The SMILES string of the molecule is Cc1ccccc1COc1cccc(/C=C2\N=C(c3ccc(I)cc3)OC2=O)c1. The third-order valence-electron chi connectivity index (χ3n) is 4.53. The van der Waals surface area contributed by atoms with E-state index in [1.165, 1.54) is 5.56 Å². The van der Waals surface area contributed by atoms with Crippen molar-refractivity contribution in [2.24, 2.45) is 4.99 Å². The summed E-state index contributed by atoms with van der Waals surface area (Å²) in [6.45, 7) is 2.55. The summed E-state index contributed by atoms with van der Waals surface area (Å²) in [5.74, 6) is 0.602. The zero-order chi connectivity index (χ0) is 20.2. The first-order valence-electron chi connectivity index (χ1n) is 9.14. The highest BCUT2D eigenvalue weighted by Crippen LogP contribution is 2.22. The average Bonchev–Trinajstić information content (AvgIpc) is 3.08. The fourth-order valence-electron chi connectivity index (χ4n) is 2.91. The fraction of sp³-hybridized carbons (Fsp3) is 0.0833.